The highest BCUT2D eigenvalue weighted by Crippen LogP contribution is 2.58. The zero-order chi connectivity index (χ0) is 16.7. The van der Waals surface area contributed by atoms with Gasteiger partial charge in [0.15, 0.2) is 0 Å². The first-order valence-electron chi connectivity index (χ1n) is 8.58. The summed E-state index contributed by atoms with van der Waals surface area (Å²) in [6.45, 7) is 8.35. The number of hydrogen-bond acceptors (Lipinski definition) is 2. The van der Waals surface area contributed by atoms with E-state index in [1.165, 1.54) is 12.1 Å². The van der Waals surface area contributed by atoms with Crippen molar-refractivity contribution in [3.05, 3.63) is 35.6 Å². The van der Waals surface area contributed by atoms with Crippen molar-refractivity contribution in [3.63, 3.8) is 0 Å². The smallest absolute Gasteiger partial charge is 0.224 e. The van der Waals surface area contributed by atoms with Gasteiger partial charge in [-0.25, -0.2) is 4.39 Å². The number of carbonyl (C=O) groups is 1. The molecule has 0 radical (unpaired) electrons. The second-order valence-corrected chi connectivity index (χ2v) is 8.23. The van der Waals surface area contributed by atoms with Gasteiger partial charge in [0.2, 0.25) is 5.91 Å². The second-order valence-electron chi connectivity index (χ2n) is 8.23. The van der Waals surface area contributed by atoms with Crippen LogP contribution in [-0.4, -0.2) is 19.0 Å². The first kappa shape index (κ1) is 16.4. The van der Waals surface area contributed by atoms with Crippen LogP contribution in [0.5, 0.6) is 0 Å². The molecular weight excluding hydrogens is 291 g/mol. The van der Waals surface area contributed by atoms with E-state index in [-0.39, 0.29) is 34.5 Å². The van der Waals surface area contributed by atoms with E-state index in [9.17, 15) is 9.18 Å². The van der Waals surface area contributed by atoms with Crippen molar-refractivity contribution in [2.75, 3.05) is 13.1 Å². The molecule has 23 heavy (non-hydrogen) atoms. The molecule has 2 unspecified atom stereocenters. The van der Waals surface area contributed by atoms with Gasteiger partial charge in [-0.05, 0) is 60.9 Å². The Hall–Kier alpha value is -1.42. The molecule has 2 fully saturated rings. The first-order chi connectivity index (χ1) is 10.8. The Bertz CT molecular complexity index is 570. The van der Waals surface area contributed by atoms with Crippen molar-refractivity contribution in [2.24, 2.45) is 16.7 Å². The maximum absolute atomic E-state index is 13.2. The number of hydrogen-bond donors (Lipinski definition) is 2. The van der Waals surface area contributed by atoms with Gasteiger partial charge < -0.3 is 10.6 Å². The lowest BCUT2D eigenvalue weighted by atomic mass is 9.82. The van der Waals surface area contributed by atoms with Gasteiger partial charge in [-0.3, -0.25) is 4.79 Å². The monoisotopic (exact) mass is 318 g/mol. The van der Waals surface area contributed by atoms with E-state index in [1.54, 1.807) is 12.1 Å². The fourth-order valence-corrected chi connectivity index (χ4v) is 3.89. The summed E-state index contributed by atoms with van der Waals surface area (Å²) in [5, 5.41) is 6.61. The molecule has 1 aromatic rings. The molecular formula is C19H27FN2O. The average Bonchev–Trinajstić information content (AvgIpc) is 3.19. The van der Waals surface area contributed by atoms with Crippen LogP contribution >= 0.6 is 0 Å². The number of amides is 1. The maximum Gasteiger partial charge on any atom is 0.224 e. The largest absolute Gasteiger partial charge is 0.349 e. The van der Waals surface area contributed by atoms with E-state index in [1.807, 2.05) is 0 Å². The van der Waals surface area contributed by atoms with Gasteiger partial charge in [0.1, 0.15) is 5.82 Å². The molecule has 1 heterocycles. The third-order valence-electron chi connectivity index (χ3n) is 5.46. The van der Waals surface area contributed by atoms with Crippen molar-refractivity contribution in [3.8, 4) is 0 Å². The number of carbonyl (C=O) groups excluding carboxylic acids is 1. The average molecular weight is 318 g/mol. The zero-order valence-corrected chi connectivity index (χ0v) is 14.3. The molecule has 0 aromatic heterocycles. The lowest BCUT2D eigenvalue weighted by Crippen LogP contribution is -2.39. The molecule has 2 aliphatic rings. The Kier molecular flexibility index (Phi) is 4.21. The summed E-state index contributed by atoms with van der Waals surface area (Å²) in [6.07, 6.45) is 3.21. The summed E-state index contributed by atoms with van der Waals surface area (Å²) in [7, 11) is 0. The van der Waals surface area contributed by atoms with Crippen molar-refractivity contribution >= 4 is 5.91 Å². The molecule has 2 atom stereocenters. The summed E-state index contributed by atoms with van der Waals surface area (Å²) >= 11 is 0. The quantitative estimate of drug-likeness (QED) is 0.896. The van der Waals surface area contributed by atoms with E-state index < -0.39 is 0 Å². The van der Waals surface area contributed by atoms with Crippen molar-refractivity contribution in [1.82, 2.24) is 10.6 Å². The van der Waals surface area contributed by atoms with Crippen LogP contribution in [0.1, 0.15) is 51.6 Å². The van der Waals surface area contributed by atoms with E-state index >= 15 is 0 Å². The summed E-state index contributed by atoms with van der Waals surface area (Å²) in [5.41, 5.74) is 1.08. The Labute approximate surface area is 138 Å². The summed E-state index contributed by atoms with van der Waals surface area (Å²) in [6, 6.07) is 6.38. The highest BCUT2D eigenvalue weighted by atomic mass is 19.1. The molecule has 3 nitrogen and oxygen atoms in total. The predicted molar refractivity (Wildman–Crippen MR) is 89.4 cm³/mol. The van der Waals surface area contributed by atoms with Crippen LogP contribution in [0.4, 0.5) is 4.39 Å². The van der Waals surface area contributed by atoms with Crippen molar-refractivity contribution in [2.45, 2.75) is 46.1 Å². The topological polar surface area (TPSA) is 41.1 Å². The Morgan fingerprint density at radius 2 is 1.87 bits per heavy atom. The molecule has 1 aliphatic carbocycles. The summed E-state index contributed by atoms with van der Waals surface area (Å²) in [5.74, 6) is 0.0645. The van der Waals surface area contributed by atoms with Crippen LogP contribution in [0.25, 0.3) is 0 Å². The van der Waals surface area contributed by atoms with Gasteiger partial charge in [-0.2, -0.15) is 0 Å². The van der Waals surface area contributed by atoms with E-state index in [0.29, 0.717) is 0 Å². The summed E-state index contributed by atoms with van der Waals surface area (Å²) in [4.78, 5) is 12.8. The molecule has 1 saturated carbocycles. The van der Waals surface area contributed by atoms with Crippen molar-refractivity contribution in [1.29, 1.82) is 0 Å². The number of rotatable bonds is 3. The van der Waals surface area contributed by atoms with Crippen LogP contribution in [0.15, 0.2) is 24.3 Å². The normalized spacial score (nSPS) is 24.3. The number of nitrogens with one attached hydrogen (secondary N) is 2. The molecule has 4 heteroatoms. The zero-order valence-electron chi connectivity index (χ0n) is 14.3. The molecule has 1 amide bonds. The van der Waals surface area contributed by atoms with Crippen LogP contribution in [0.3, 0.4) is 0 Å². The molecule has 1 spiro atoms. The minimum atomic E-state index is -0.247. The fourth-order valence-electron chi connectivity index (χ4n) is 3.89. The van der Waals surface area contributed by atoms with Gasteiger partial charge >= 0.3 is 0 Å². The molecule has 1 aromatic carbocycles. The van der Waals surface area contributed by atoms with Crippen LogP contribution in [0.2, 0.25) is 0 Å². The minimum absolute atomic E-state index is 0.102. The highest BCUT2D eigenvalue weighted by Gasteiger charge is 2.58. The third-order valence-corrected chi connectivity index (χ3v) is 5.46. The van der Waals surface area contributed by atoms with E-state index in [4.69, 9.17) is 0 Å². The van der Waals surface area contributed by atoms with Crippen LogP contribution in [0, 0.1) is 22.6 Å². The molecule has 1 aliphatic heterocycles. The Morgan fingerprint density at radius 1 is 1.26 bits per heavy atom. The first-order valence-corrected chi connectivity index (χ1v) is 8.58. The van der Waals surface area contributed by atoms with Crippen LogP contribution in [-0.2, 0) is 4.79 Å². The van der Waals surface area contributed by atoms with Gasteiger partial charge in [0, 0.05) is 5.92 Å². The highest BCUT2D eigenvalue weighted by molar-refractivity contribution is 5.83. The Balaban J connectivity index is 1.72. The molecule has 0 bridgehead atoms. The number of halogens is 1. The van der Waals surface area contributed by atoms with Gasteiger partial charge in [-0.15, -0.1) is 0 Å². The molecule has 1 saturated heterocycles. The minimum Gasteiger partial charge on any atom is -0.349 e. The Morgan fingerprint density at radius 3 is 2.43 bits per heavy atom. The lowest BCUT2D eigenvalue weighted by Gasteiger charge is -2.32. The maximum atomic E-state index is 13.2. The van der Waals surface area contributed by atoms with E-state index in [0.717, 1.165) is 37.9 Å². The van der Waals surface area contributed by atoms with Gasteiger partial charge in [0.25, 0.3) is 0 Å². The summed E-state index contributed by atoms with van der Waals surface area (Å²) < 4.78 is 13.2. The van der Waals surface area contributed by atoms with Crippen molar-refractivity contribution < 1.29 is 9.18 Å². The molecule has 126 valence electrons. The number of benzene rings is 1. The van der Waals surface area contributed by atoms with Crippen LogP contribution < -0.4 is 10.6 Å². The lowest BCUT2D eigenvalue weighted by molar-refractivity contribution is -0.124. The third kappa shape index (κ3) is 3.42. The predicted octanol–water partition coefficient (Wildman–Crippen LogP) is 3.42. The van der Waals surface area contributed by atoms with E-state index in [2.05, 4.69) is 31.4 Å². The number of piperidine rings is 1. The van der Waals surface area contributed by atoms with Gasteiger partial charge in [0.05, 0.1) is 6.04 Å². The molecule has 3 rings (SSSR count). The molecule has 2 N–H and O–H groups in total. The van der Waals surface area contributed by atoms with Gasteiger partial charge in [-0.1, -0.05) is 32.9 Å². The standard InChI is InChI=1S/C19H27FN2O/c1-18(2,3)16(13-4-6-14(20)7-5-13)22-17(23)15-12-19(15)8-10-21-11-9-19/h4-7,15-16,21H,8-12H2,1-3H3,(H,22,23). The fraction of sp³-hybridized carbons (Fsp3) is 0.632. The SMILES string of the molecule is CC(C)(C)C(NC(=O)C1CC12CCNCC2)c1ccc(F)cc1. The second kappa shape index (κ2) is 5.90.